The highest BCUT2D eigenvalue weighted by molar-refractivity contribution is 5.92. The van der Waals surface area contributed by atoms with Crippen LogP contribution < -0.4 is 14.8 Å². The first-order valence-corrected chi connectivity index (χ1v) is 7.72. The molecule has 6 heteroatoms. The summed E-state index contributed by atoms with van der Waals surface area (Å²) in [5, 5.41) is 7.07. The second-order valence-corrected chi connectivity index (χ2v) is 5.12. The van der Waals surface area contributed by atoms with Gasteiger partial charge in [0.1, 0.15) is 5.69 Å². The number of amides is 1. The quantitative estimate of drug-likeness (QED) is 0.852. The van der Waals surface area contributed by atoms with E-state index >= 15 is 0 Å². The Hall–Kier alpha value is -2.50. The Morgan fingerprint density at radius 3 is 2.48 bits per heavy atom. The molecular weight excluding hydrogens is 294 g/mol. The summed E-state index contributed by atoms with van der Waals surface area (Å²) >= 11 is 0. The van der Waals surface area contributed by atoms with Crippen molar-refractivity contribution in [2.75, 3.05) is 13.2 Å². The molecular formula is C17H23N3O3. The molecule has 23 heavy (non-hydrogen) atoms. The van der Waals surface area contributed by atoms with Gasteiger partial charge in [-0.05, 0) is 44.5 Å². The van der Waals surface area contributed by atoms with Crippen LogP contribution in [0.4, 0.5) is 0 Å². The van der Waals surface area contributed by atoms with Gasteiger partial charge in [-0.3, -0.25) is 9.48 Å². The molecule has 0 atom stereocenters. The van der Waals surface area contributed by atoms with Crippen molar-refractivity contribution in [3.63, 3.8) is 0 Å². The van der Waals surface area contributed by atoms with Crippen molar-refractivity contribution in [2.45, 2.75) is 27.3 Å². The van der Waals surface area contributed by atoms with Crippen LogP contribution in [-0.4, -0.2) is 28.9 Å². The summed E-state index contributed by atoms with van der Waals surface area (Å²) in [5.41, 5.74) is 2.31. The van der Waals surface area contributed by atoms with E-state index in [1.54, 1.807) is 17.8 Å². The van der Waals surface area contributed by atoms with Crippen molar-refractivity contribution in [1.29, 1.82) is 0 Å². The molecule has 0 unspecified atom stereocenters. The Morgan fingerprint density at radius 1 is 1.17 bits per heavy atom. The van der Waals surface area contributed by atoms with Gasteiger partial charge in [-0.2, -0.15) is 5.10 Å². The third-order valence-corrected chi connectivity index (χ3v) is 3.30. The average molecular weight is 317 g/mol. The summed E-state index contributed by atoms with van der Waals surface area (Å²) in [6, 6.07) is 7.44. The highest BCUT2D eigenvalue weighted by Crippen LogP contribution is 2.28. The zero-order valence-corrected chi connectivity index (χ0v) is 14.0. The first-order valence-electron chi connectivity index (χ1n) is 7.72. The molecule has 0 saturated carbocycles. The van der Waals surface area contributed by atoms with Crippen molar-refractivity contribution in [1.82, 2.24) is 15.1 Å². The zero-order chi connectivity index (χ0) is 16.8. The number of carbonyl (C=O) groups is 1. The van der Waals surface area contributed by atoms with Crippen LogP contribution in [0.3, 0.4) is 0 Å². The molecule has 124 valence electrons. The summed E-state index contributed by atoms with van der Waals surface area (Å²) in [4.78, 5) is 12.2. The Labute approximate surface area is 136 Å². The molecule has 1 N–H and O–H groups in total. The fourth-order valence-corrected chi connectivity index (χ4v) is 2.30. The van der Waals surface area contributed by atoms with E-state index in [-0.39, 0.29) is 5.91 Å². The van der Waals surface area contributed by atoms with Crippen LogP contribution in [-0.2, 0) is 13.6 Å². The van der Waals surface area contributed by atoms with Crippen LogP contribution in [0.5, 0.6) is 11.5 Å². The Bertz CT molecular complexity index is 680. The van der Waals surface area contributed by atoms with Crippen molar-refractivity contribution >= 4 is 5.91 Å². The van der Waals surface area contributed by atoms with E-state index in [1.165, 1.54) is 0 Å². The molecule has 0 radical (unpaired) electrons. The molecule has 1 amide bonds. The Morgan fingerprint density at radius 2 is 1.87 bits per heavy atom. The molecule has 0 spiro atoms. The highest BCUT2D eigenvalue weighted by atomic mass is 16.5. The van der Waals surface area contributed by atoms with Gasteiger partial charge in [-0.15, -0.1) is 0 Å². The largest absolute Gasteiger partial charge is 0.490 e. The summed E-state index contributed by atoms with van der Waals surface area (Å²) in [6.45, 7) is 7.27. The van der Waals surface area contributed by atoms with Crippen molar-refractivity contribution in [2.24, 2.45) is 7.05 Å². The third-order valence-electron chi connectivity index (χ3n) is 3.30. The number of benzene rings is 1. The standard InChI is InChI=1S/C17H23N3O3/c1-5-22-15-8-7-13(10-16(15)23-6-2)11-18-17(21)14-9-12(3)19-20(14)4/h7-10H,5-6,11H2,1-4H3,(H,18,21). The predicted octanol–water partition coefficient (Wildman–Crippen LogP) is 2.46. The van der Waals surface area contributed by atoms with Crippen LogP contribution in [0, 0.1) is 6.92 Å². The van der Waals surface area contributed by atoms with Crippen LogP contribution in [0.15, 0.2) is 24.3 Å². The van der Waals surface area contributed by atoms with E-state index in [4.69, 9.17) is 9.47 Å². The molecule has 1 aromatic heterocycles. The minimum Gasteiger partial charge on any atom is -0.490 e. The molecule has 0 aliphatic heterocycles. The Kier molecular flexibility index (Phi) is 5.62. The fourth-order valence-electron chi connectivity index (χ4n) is 2.30. The number of ether oxygens (including phenoxy) is 2. The smallest absolute Gasteiger partial charge is 0.269 e. The van der Waals surface area contributed by atoms with Gasteiger partial charge in [0, 0.05) is 13.6 Å². The van der Waals surface area contributed by atoms with Gasteiger partial charge in [0.15, 0.2) is 11.5 Å². The predicted molar refractivity (Wildman–Crippen MR) is 87.9 cm³/mol. The number of aromatic nitrogens is 2. The van der Waals surface area contributed by atoms with Crippen LogP contribution in [0.2, 0.25) is 0 Å². The van der Waals surface area contributed by atoms with Gasteiger partial charge in [-0.1, -0.05) is 6.07 Å². The van der Waals surface area contributed by atoms with Gasteiger partial charge in [0.25, 0.3) is 5.91 Å². The van der Waals surface area contributed by atoms with Crippen molar-refractivity contribution in [3.8, 4) is 11.5 Å². The van der Waals surface area contributed by atoms with Gasteiger partial charge < -0.3 is 14.8 Å². The SMILES string of the molecule is CCOc1ccc(CNC(=O)c2cc(C)nn2C)cc1OCC. The lowest BCUT2D eigenvalue weighted by atomic mass is 10.2. The zero-order valence-electron chi connectivity index (χ0n) is 14.0. The second kappa shape index (κ2) is 7.67. The minimum absolute atomic E-state index is 0.153. The molecule has 0 saturated heterocycles. The molecule has 1 aromatic carbocycles. The van der Waals surface area contributed by atoms with Gasteiger partial charge in [0.05, 0.1) is 18.9 Å². The molecule has 2 rings (SSSR count). The average Bonchev–Trinajstić information content (AvgIpc) is 2.86. The number of rotatable bonds is 7. The van der Waals surface area contributed by atoms with E-state index in [2.05, 4.69) is 10.4 Å². The lowest BCUT2D eigenvalue weighted by Gasteiger charge is -2.13. The molecule has 0 aliphatic carbocycles. The van der Waals surface area contributed by atoms with Crippen LogP contribution in [0.25, 0.3) is 0 Å². The van der Waals surface area contributed by atoms with E-state index in [0.717, 1.165) is 11.3 Å². The number of carbonyl (C=O) groups excluding carboxylic acids is 1. The molecule has 6 nitrogen and oxygen atoms in total. The topological polar surface area (TPSA) is 65.4 Å². The van der Waals surface area contributed by atoms with Crippen molar-refractivity contribution in [3.05, 3.63) is 41.2 Å². The Balaban J connectivity index is 2.06. The maximum atomic E-state index is 12.2. The number of nitrogens with zero attached hydrogens (tertiary/aromatic N) is 2. The molecule has 2 aromatic rings. The summed E-state index contributed by atoms with van der Waals surface area (Å²) in [6.07, 6.45) is 0. The molecule has 0 aliphatic rings. The number of hydrogen-bond acceptors (Lipinski definition) is 4. The second-order valence-electron chi connectivity index (χ2n) is 5.12. The summed E-state index contributed by atoms with van der Waals surface area (Å²) in [5.74, 6) is 1.25. The lowest BCUT2D eigenvalue weighted by molar-refractivity contribution is 0.0941. The van der Waals surface area contributed by atoms with E-state index in [9.17, 15) is 4.79 Å². The number of nitrogens with one attached hydrogen (secondary N) is 1. The minimum atomic E-state index is -0.153. The first-order chi connectivity index (χ1) is 11.0. The fraction of sp³-hybridized carbons (Fsp3) is 0.412. The maximum absolute atomic E-state index is 12.2. The van der Waals surface area contributed by atoms with Crippen LogP contribution in [0.1, 0.15) is 35.6 Å². The van der Waals surface area contributed by atoms with Crippen LogP contribution >= 0.6 is 0 Å². The number of aryl methyl sites for hydroxylation is 2. The number of hydrogen-bond donors (Lipinski definition) is 1. The molecule has 0 fully saturated rings. The van der Waals surface area contributed by atoms with Gasteiger partial charge in [-0.25, -0.2) is 0 Å². The molecule has 1 heterocycles. The van der Waals surface area contributed by atoms with E-state index in [0.29, 0.717) is 37.0 Å². The monoisotopic (exact) mass is 317 g/mol. The first kappa shape index (κ1) is 16.9. The summed E-state index contributed by atoms with van der Waals surface area (Å²) < 4.78 is 12.7. The maximum Gasteiger partial charge on any atom is 0.269 e. The summed E-state index contributed by atoms with van der Waals surface area (Å²) in [7, 11) is 1.76. The third kappa shape index (κ3) is 4.25. The van der Waals surface area contributed by atoms with E-state index in [1.807, 2.05) is 39.0 Å². The highest BCUT2D eigenvalue weighted by Gasteiger charge is 2.12. The normalized spacial score (nSPS) is 10.4. The lowest BCUT2D eigenvalue weighted by Crippen LogP contribution is -2.25. The van der Waals surface area contributed by atoms with Crippen molar-refractivity contribution < 1.29 is 14.3 Å². The van der Waals surface area contributed by atoms with E-state index < -0.39 is 0 Å². The van der Waals surface area contributed by atoms with Gasteiger partial charge in [0.2, 0.25) is 0 Å². The molecule has 0 bridgehead atoms. The van der Waals surface area contributed by atoms with Gasteiger partial charge >= 0.3 is 0 Å².